The number of anilines is 2. The Kier molecular flexibility index (Phi) is 9.97. The van der Waals surface area contributed by atoms with Gasteiger partial charge in [0.05, 0.1) is 16.6 Å². The number of carbonyl (C=O) groups excluding carboxylic acids is 3. The largest absolute Gasteiger partial charge is 0.550 e. The van der Waals surface area contributed by atoms with E-state index in [-0.39, 0.29) is 35.4 Å². The molecule has 0 atom stereocenters. The Bertz CT molecular complexity index is 1760. The van der Waals surface area contributed by atoms with Crippen LogP contribution < -0.4 is 20.4 Å². The lowest BCUT2D eigenvalue weighted by atomic mass is 9.76. The molecule has 0 spiro atoms. The molecule has 0 saturated heterocycles. The zero-order valence-electron chi connectivity index (χ0n) is 24.2. The number of carboxylic acids is 2. The number of aliphatic carboxylic acids is 2. The van der Waals surface area contributed by atoms with Gasteiger partial charge in [-0.3, -0.25) is 14.7 Å². The average molecular weight is 658 g/mol. The molecule has 0 fully saturated rings. The van der Waals surface area contributed by atoms with Crippen molar-refractivity contribution >= 4 is 49.4 Å². The van der Waals surface area contributed by atoms with Crippen molar-refractivity contribution in [3.63, 3.8) is 0 Å². The van der Waals surface area contributed by atoms with Gasteiger partial charge in [-0.15, -0.1) is 0 Å². The predicted octanol–water partition coefficient (Wildman–Crippen LogP) is 0.0551. The highest BCUT2D eigenvalue weighted by atomic mass is 32.2. The SMILES string of the molecule is Cc1ccc(S(=O)(=O)N(CCCC(=O)[O-])C(=O)C2(NCC(=O)[O-])c3ccccc3N(CCCS(=O)(=O)O)c3ccccc32)cc1. The zero-order chi connectivity index (χ0) is 33.0. The molecule has 0 saturated carbocycles. The molecule has 0 radical (unpaired) electrons. The first-order valence-corrected chi connectivity index (χ1v) is 16.9. The van der Waals surface area contributed by atoms with E-state index in [4.69, 9.17) is 0 Å². The summed E-state index contributed by atoms with van der Waals surface area (Å²) < 4.78 is 61.0. The molecule has 1 aliphatic rings. The van der Waals surface area contributed by atoms with E-state index in [1.165, 1.54) is 36.4 Å². The van der Waals surface area contributed by atoms with Crippen LogP contribution in [0.25, 0.3) is 0 Å². The van der Waals surface area contributed by atoms with E-state index in [0.29, 0.717) is 15.7 Å². The Morgan fingerprint density at radius 1 is 0.844 bits per heavy atom. The van der Waals surface area contributed by atoms with Crippen LogP contribution in [0, 0.1) is 6.92 Å². The minimum absolute atomic E-state index is 0.0218. The number of rotatable bonds is 14. The quantitative estimate of drug-likeness (QED) is 0.221. The van der Waals surface area contributed by atoms with Crippen LogP contribution in [0.4, 0.5) is 11.4 Å². The predicted molar refractivity (Wildman–Crippen MR) is 159 cm³/mol. The molecular weight excluding hydrogens is 626 g/mol. The summed E-state index contributed by atoms with van der Waals surface area (Å²) in [5.41, 5.74) is -0.399. The van der Waals surface area contributed by atoms with Crippen LogP contribution >= 0.6 is 0 Å². The number of benzene rings is 3. The van der Waals surface area contributed by atoms with Crippen LogP contribution in [0.2, 0.25) is 0 Å². The smallest absolute Gasteiger partial charge is 0.266 e. The molecular formula is C30H31N3O10S2-2. The van der Waals surface area contributed by atoms with Crippen LogP contribution in [0.3, 0.4) is 0 Å². The number of carboxylic acid groups (broad SMARTS) is 2. The minimum Gasteiger partial charge on any atom is -0.550 e. The lowest BCUT2D eigenvalue weighted by Gasteiger charge is -2.46. The van der Waals surface area contributed by atoms with Gasteiger partial charge < -0.3 is 24.7 Å². The van der Waals surface area contributed by atoms with Crippen molar-refractivity contribution in [2.75, 3.05) is 30.3 Å². The van der Waals surface area contributed by atoms with E-state index in [1.807, 2.05) is 0 Å². The molecule has 4 rings (SSSR count). The normalized spacial score (nSPS) is 13.9. The van der Waals surface area contributed by atoms with Crippen LogP contribution in [0.1, 0.15) is 36.0 Å². The summed E-state index contributed by atoms with van der Waals surface area (Å²) >= 11 is 0. The number of aryl methyl sites for hydroxylation is 1. The van der Waals surface area contributed by atoms with Gasteiger partial charge in [-0.25, -0.2) is 12.7 Å². The Morgan fingerprint density at radius 3 is 1.91 bits per heavy atom. The number of para-hydroxylation sites is 2. The van der Waals surface area contributed by atoms with Crippen molar-refractivity contribution in [3.8, 4) is 0 Å². The summed E-state index contributed by atoms with van der Waals surface area (Å²) in [5, 5.41) is 25.8. The highest BCUT2D eigenvalue weighted by Crippen LogP contribution is 2.49. The van der Waals surface area contributed by atoms with Gasteiger partial charge in [-0.1, -0.05) is 54.1 Å². The molecule has 0 aromatic heterocycles. The molecule has 3 aromatic carbocycles. The van der Waals surface area contributed by atoms with Crippen LogP contribution in [0.5, 0.6) is 0 Å². The van der Waals surface area contributed by atoms with Crippen molar-refractivity contribution in [2.45, 2.75) is 36.6 Å². The van der Waals surface area contributed by atoms with Crippen molar-refractivity contribution in [1.29, 1.82) is 0 Å². The van der Waals surface area contributed by atoms with Gasteiger partial charge in [0.1, 0.15) is 0 Å². The van der Waals surface area contributed by atoms with Crippen molar-refractivity contribution in [2.24, 2.45) is 0 Å². The number of sulfonamides is 1. The standard InChI is InChI=1S/C30H33N3O10S2/c1-21-13-15-22(16-14-21)45(42,43)33(18-6-12-27(34)35)29(38)30(31-20-28(36)37)23-8-2-4-10-25(23)32(17-7-19-44(39,40)41)26-11-5-3-9-24(26)30/h2-5,8-11,13-16,31H,6-7,12,17-20H2,1H3,(H,34,35)(H,36,37)(H,39,40,41)/p-2. The van der Waals surface area contributed by atoms with Gasteiger partial charge in [0, 0.05) is 48.1 Å². The molecule has 0 aliphatic carbocycles. The first-order chi connectivity index (χ1) is 21.2. The fourth-order valence-corrected chi connectivity index (χ4v) is 7.35. The lowest BCUT2D eigenvalue weighted by molar-refractivity contribution is -0.306. The highest BCUT2D eigenvalue weighted by Gasteiger charge is 2.52. The molecule has 1 heterocycles. The first kappa shape index (κ1) is 33.6. The zero-order valence-corrected chi connectivity index (χ0v) is 25.8. The summed E-state index contributed by atoms with van der Waals surface area (Å²) in [4.78, 5) is 39.5. The average Bonchev–Trinajstić information content (AvgIpc) is 2.98. The molecule has 0 unspecified atom stereocenters. The van der Waals surface area contributed by atoms with Gasteiger partial charge in [0.25, 0.3) is 26.0 Å². The number of amides is 1. The van der Waals surface area contributed by atoms with Gasteiger partial charge in [-0.05, 0) is 50.5 Å². The maximum atomic E-state index is 15.0. The number of fused-ring (bicyclic) bond motifs is 2. The van der Waals surface area contributed by atoms with Crippen LogP contribution in [-0.4, -0.2) is 68.9 Å². The maximum Gasteiger partial charge on any atom is 0.266 e. The molecule has 13 nitrogen and oxygen atoms in total. The third-order valence-corrected chi connectivity index (χ3v) is 9.98. The second kappa shape index (κ2) is 13.4. The third-order valence-electron chi connectivity index (χ3n) is 7.38. The number of nitrogens with zero attached hydrogens (tertiary/aromatic N) is 2. The Hall–Kier alpha value is -4.31. The molecule has 2 N–H and O–H groups in total. The second-order valence-electron chi connectivity index (χ2n) is 10.5. The molecule has 45 heavy (non-hydrogen) atoms. The topological polar surface area (TPSA) is 204 Å². The molecule has 240 valence electrons. The molecule has 1 amide bonds. The van der Waals surface area contributed by atoms with Crippen LogP contribution in [-0.2, 0) is 40.1 Å². The minimum atomic E-state index is -4.63. The molecule has 1 aliphatic heterocycles. The van der Waals surface area contributed by atoms with E-state index in [0.717, 1.165) is 5.56 Å². The summed E-state index contributed by atoms with van der Waals surface area (Å²) in [7, 11) is -8.92. The van der Waals surface area contributed by atoms with E-state index in [9.17, 15) is 46.0 Å². The Labute approximate surface area is 260 Å². The Balaban J connectivity index is 1.96. The molecule has 3 aromatic rings. The molecule has 15 heteroatoms. The number of nitrogens with one attached hydrogen (secondary N) is 1. The number of hydrogen-bond donors (Lipinski definition) is 2. The van der Waals surface area contributed by atoms with Crippen molar-refractivity contribution < 1.29 is 46.0 Å². The Morgan fingerprint density at radius 2 is 1.40 bits per heavy atom. The number of carbonyl (C=O) groups is 3. The lowest BCUT2D eigenvalue weighted by Crippen LogP contribution is -2.61. The highest BCUT2D eigenvalue weighted by molar-refractivity contribution is 7.89. The molecule has 0 bridgehead atoms. The summed E-state index contributed by atoms with van der Waals surface area (Å²) in [6.45, 7) is 0.347. The van der Waals surface area contributed by atoms with Gasteiger partial charge in [0.2, 0.25) is 0 Å². The van der Waals surface area contributed by atoms with Crippen LogP contribution in [0.15, 0.2) is 77.7 Å². The van der Waals surface area contributed by atoms with Gasteiger partial charge in [-0.2, -0.15) is 8.42 Å². The van der Waals surface area contributed by atoms with E-state index >= 15 is 0 Å². The second-order valence-corrected chi connectivity index (χ2v) is 13.9. The fraction of sp³-hybridized carbons (Fsp3) is 0.300. The third kappa shape index (κ3) is 7.17. The van der Waals surface area contributed by atoms with E-state index in [2.05, 4.69) is 5.32 Å². The van der Waals surface area contributed by atoms with Gasteiger partial charge in [0.15, 0.2) is 5.54 Å². The van der Waals surface area contributed by atoms with Crippen molar-refractivity contribution in [3.05, 3.63) is 89.5 Å². The first-order valence-electron chi connectivity index (χ1n) is 13.9. The summed E-state index contributed by atoms with van der Waals surface area (Å²) in [6, 6.07) is 18.4. The monoisotopic (exact) mass is 657 g/mol. The summed E-state index contributed by atoms with van der Waals surface area (Å²) in [6.07, 6.45) is -0.867. The maximum absolute atomic E-state index is 15.0. The summed E-state index contributed by atoms with van der Waals surface area (Å²) in [5.74, 6) is -4.69. The van der Waals surface area contributed by atoms with E-state index < -0.39 is 68.8 Å². The van der Waals surface area contributed by atoms with E-state index in [1.54, 1.807) is 48.2 Å². The fourth-order valence-electron chi connectivity index (χ4n) is 5.40. The number of hydrogen-bond acceptors (Lipinski definition) is 11. The van der Waals surface area contributed by atoms with Crippen molar-refractivity contribution in [1.82, 2.24) is 9.62 Å². The van der Waals surface area contributed by atoms with Gasteiger partial charge >= 0.3 is 0 Å².